The Labute approximate surface area is 176 Å². The number of carbonyl (C=O) groups is 2. The summed E-state index contributed by atoms with van der Waals surface area (Å²) in [5, 5.41) is 0. The van der Waals surface area contributed by atoms with Crippen LogP contribution in [0.3, 0.4) is 0 Å². The second kappa shape index (κ2) is 8.24. The van der Waals surface area contributed by atoms with E-state index in [4.69, 9.17) is 4.74 Å². The molecule has 5 heteroatoms. The molecule has 146 valence electrons. The van der Waals surface area contributed by atoms with Crippen LogP contribution in [0.4, 0.5) is 5.69 Å². The van der Waals surface area contributed by atoms with Crippen LogP contribution in [0.25, 0.3) is 0 Å². The van der Waals surface area contributed by atoms with Gasteiger partial charge in [-0.3, -0.25) is 0 Å². The van der Waals surface area contributed by atoms with Crippen LogP contribution < -0.4 is 14.1 Å². The molecule has 3 aromatic carbocycles. The van der Waals surface area contributed by atoms with E-state index in [0.717, 1.165) is 10.0 Å². The Morgan fingerprint density at radius 3 is 2.24 bits per heavy atom. The molecule has 1 heterocycles. The topological polar surface area (TPSA) is 46.6 Å². The van der Waals surface area contributed by atoms with Crippen molar-refractivity contribution in [1.82, 2.24) is 0 Å². The molecule has 29 heavy (non-hydrogen) atoms. The van der Waals surface area contributed by atoms with Crippen LogP contribution in [0.2, 0.25) is 4.82 Å². The fourth-order valence-corrected chi connectivity index (χ4v) is 6.36. The van der Waals surface area contributed by atoms with Gasteiger partial charge in [0, 0.05) is 0 Å². The summed E-state index contributed by atoms with van der Waals surface area (Å²) >= 11 is -0.146. The number of Topliss-reactive ketones (excluding diaryl/α,β-unsaturated/α-hetero) is 1. The summed E-state index contributed by atoms with van der Waals surface area (Å²) in [6.45, 7) is 1.56. The number of benzene rings is 3. The SMILES string of the molecule is COc1ccc2c(c1)C(=O)C([Se]c1ccccc1)C(c1ccccc1)N2C(C)=O. The standard InChI is InChI=1S/C24H21NO3Se/c1-16(26)25-21-14-13-18(28-2)15-20(21)23(27)24(29-19-11-7-4-8-12-19)22(25)17-9-5-3-6-10-17/h3-15,22,24H,1-2H3. The predicted octanol–water partition coefficient (Wildman–Crippen LogP) is 3.80. The molecule has 0 fully saturated rings. The van der Waals surface area contributed by atoms with E-state index in [1.807, 2.05) is 54.6 Å². The van der Waals surface area contributed by atoms with Gasteiger partial charge in [0.1, 0.15) is 0 Å². The number of ether oxygens (including phenoxy) is 1. The molecule has 0 radical (unpaired) electrons. The number of fused-ring (bicyclic) bond motifs is 1. The van der Waals surface area contributed by atoms with Gasteiger partial charge < -0.3 is 0 Å². The van der Waals surface area contributed by atoms with Gasteiger partial charge in [-0.25, -0.2) is 0 Å². The molecule has 4 nitrogen and oxygen atoms in total. The number of rotatable bonds is 4. The van der Waals surface area contributed by atoms with Crippen molar-refractivity contribution in [2.45, 2.75) is 17.8 Å². The molecule has 0 N–H and O–H groups in total. The summed E-state index contributed by atoms with van der Waals surface area (Å²) in [7, 11) is 1.58. The molecule has 3 aromatic rings. The monoisotopic (exact) mass is 451 g/mol. The molecule has 2 atom stereocenters. The van der Waals surface area contributed by atoms with Crippen LogP contribution in [0.5, 0.6) is 5.75 Å². The Morgan fingerprint density at radius 1 is 0.966 bits per heavy atom. The summed E-state index contributed by atoms with van der Waals surface area (Å²) in [6, 6.07) is 24.9. The molecular weight excluding hydrogens is 429 g/mol. The molecule has 0 aliphatic carbocycles. The minimum absolute atomic E-state index is 0.0640. The summed E-state index contributed by atoms with van der Waals surface area (Å²) < 4.78 is 6.47. The fourth-order valence-electron chi connectivity index (χ4n) is 3.73. The molecule has 1 aliphatic rings. The number of hydrogen-bond acceptors (Lipinski definition) is 3. The van der Waals surface area contributed by atoms with Gasteiger partial charge in [0.25, 0.3) is 0 Å². The number of amides is 1. The van der Waals surface area contributed by atoms with Crippen molar-refractivity contribution in [1.29, 1.82) is 0 Å². The van der Waals surface area contributed by atoms with E-state index in [-0.39, 0.29) is 37.5 Å². The Hall–Kier alpha value is -2.88. The molecular formula is C24H21NO3Se. The molecule has 1 amide bonds. The zero-order valence-electron chi connectivity index (χ0n) is 16.2. The van der Waals surface area contributed by atoms with Crippen molar-refractivity contribution >= 4 is 36.8 Å². The first-order valence-corrected chi connectivity index (χ1v) is 11.2. The maximum absolute atomic E-state index is 13.7. The van der Waals surface area contributed by atoms with Crippen LogP contribution in [0.1, 0.15) is 28.9 Å². The van der Waals surface area contributed by atoms with E-state index in [1.165, 1.54) is 0 Å². The third kappa shape index (κ3) is 3.71. The van der Waals surface area contributed by atoms with Crippen LogP contribution in [-0.4, -0.2) is 33.8 Å². The van der Waals surface area contributed by atoms with Crippen LogP contribution in [-0.2, 0) is 4.79 Å². The molecule has 2 unspecified atom stereocenters. The molecule has 0 aromatic heterocycles. The van der Waals surface area contributed by atoms with Crippen molar-refractivity contribution in [2.75, 3.05) is 12.0 Å². The first-order valence-electron chi connectivity index (χ1n) is 9.39. The molecule has 0 spiro atoms. The summed E-state index contributed by atoms with van der Waals surface area (Å²) in [5.74, 6) is 0.602. The van der Waals surface area contributed by atoms with Gasteiger partial charge in [0.15, 0.2) is 0 Å². The first kappa shape index (κ1) is 19.4. The van der Waals surface area contributed by atoms with E-state index in [0.29, 0.717) is 17.0 Å². The van der Waals surface area contributed by atoms with Crippen molar-refractivity contribution in [3.05, 3.63) is 90.0 Å². The van der Waals surface area contributed by atoms with Gasteiger partial charge in [-0.2, -0.15) is 0 Å². The van der Waals surface area contributed by atoms with Crippen LogP contribution in [0, 0.1) is 0 Å². The second-order valence-corrected chi connectivity index (χ2v) is 9.39. The number of hydrogen-bond donors (Lipinski definition) is 0. The zero-order valence-corrected chi connectivity index (χ0v) is 18.0. The number of nitrogens with zero attached hydrogens (tertiary/aromatic N) is 1. The molecule has 0 saturated carbocycles. The zero-order chi connectivity index (χ0) is 20.4. The van der Waals surface area contributed by atoms with Gasteiger partial charge in [0.2, 0.25) is 0 Å². The Kier molecular flexibility index (Phi) is 5.52. The first-order chi connectivity index (χ1) is 14.1. The molecule has 0 bridgehead atoms. The summed E-state index contributed by atoms with van der Waals surface area (Å²) in [5.41, 5.74) is 2.17. The van der Waals surface area contributed by atoms with E-state index in [9.17, 15) is 9.59 Å². The molecule has 1 aliphatic heterocycles. The van der Waals surface area contributed by atoms with Gasteiger partial charge in [-0.15, -0.1) is 0 Å². The van der Waals surface area contributed by atoms with Crippen molar-refractivity contribution in [2.24, 2.45) is 0 Å². The van der Waals surface area contributed by atoms with E-state index in [1.54, 1.807) is 31.1 Å². The average Bonchev–Trinajstić information content (AvgIpc) is 2.76. The third-order valence-corrected chi connectivity index (χ3v) is 7.70. The normalized spacial score (nSPS) is 18.3. The number of methoxy groups -OCH3 is 1. The minimum atomic E-state index is -0.331. The number of anilines is 1. The van der Waals surface area contributed by atoms with Crippen molar-refractivity contribution < 1.29 is 14.3 Å². The van der Waals surface area contributed by atoms with Gasteiger partial charge in [0.05, 0.1) is 0 Å². The Bertz CT molecular complexity index is 1040. The molecule has 4 rings (SSSR count). The maximum atomic E-state index is 13.7. The van der Waals surface area contributed by atoms with Crippen molar-refractivity contribution in [3.8, 4) is 5.75 Å². The van der Waals surface area contributed by atoms with E-state index in [2.05, 4.69) is 12.1 Å². The third-order valence-electron chi connectivity index (χ3n) is 5.04. The summed E-state index contributed by atoms with van der Waals surface area (Å²) in [4.78, 5) is 27.9. The van der Waals surface area contributed by atoms with E-state index < -0.39 is 0 Å². The number of ketones is 1. The Balaban J connectivity index is 1.90. The van der Waals surface area contributed by atoms with Crippen molar-refractivity contribution in [3.63, 3.8) is 0 Å². The Morgan fingerprint density at radius 2 is 1.62 bits per heavy atom. The second-order valence-electron chi connectivity index (χ2n) is 6.84. The quantitative estimate of drug-likeness (QED) is 0.568. The average molecular weight is 450 g/mol. The summed E-state index contributed by atoms with van der Waals surface area (Å²) in [6.07, 6.45) is 0. The van der Waals surface area contributed by atoms with Gasteiger partial charge in [-0.05, 0) is 0 Å². The van der Waals surface area contributed by atoms with Crippen LogP contribution in [0.15, 0.2) is 78.9 Å². The van der Waals surface area contributed by atoms with E-state index >= 15 is 0 Å². The van der Waals surface area contributed by atoms with Gasteiger partial charge >= 0.3 is 177 Å². The molecule has 0 saturated heterocycles. The number of carbonyl (C=O) groups excluding carboxylic acids is 2. The van der Waals surface area contributed by atoms with Crippen LogP contribution >= 0.6 is 0 Å². The van der Waals surface area contributed by atoms with Gasteiger partial charge in [-0.1, -0.05) is 0 Å². The fraction of sp³-hybridized carbons (Fsp3) is 0.167. The predicted molar refractivity (Wildman–Crippen MR) is 115 cm³/mol.